The zero-order valence-electron chi connectivity index (χ0n) is 13.2. The second kappa shape index (κ2) is 7.93. The molecule has 0 aliphatic rings. The molecule has 0 aromatic carbocycles. The standard InChI is InChI=1S/C15H26N2OS2/c1-6-8-9-17(7-2)15-14(19-5)11(16)13(20-15)12(18)10(3)4/h10H,6-9,16H2,1-5H3. The molecule has 1 aromatic heterocycles. The SMILES string of the molecule is CCCCN(CC)c1sc(C(=O)C(C)C)c(N)c1SC. The largest absolute Gasteiger partial charge is 0.396 e. The van der Waals surface area contributed by atoms with Gasteiger partial charge in [0.1, 0.15) is 5.00 Å². The Labute approximate surface area is 130 Å². The molecule has 1 heterocycles. The third-order valence-corrected chi connectivity index (χ3v) is 5.52. The average molecular weight is 315 g/mol. The summed E-state index contributed by atoms with van der Waals surface area (Å²) in [5, 5.41) is 1.16. The molecule has 0 fully saturated rings. The van der Waals surface area contributed by atoms with E-state index >= 15 is 0 Å². The Morgan fingerprint density at radius 3 is 2.50 bits per heavy atom. The fourth-order valence-corrected chi connectivity index (χ4v) is 4.38. The molecule has 2 N–H and O–H groups in total. The van der Waals surface area contributed by atoms with Crippen molar-refractivity contribution in [2.24, 2.45) is 5.92 Å². The first kappa shape index (κ1) is 17.4. The summed E-state index contributed by atoms with van der Waals surface area (Å²) in [7, 11) is 0. The van der Waals surface area contributed by atoms with Gasteiger partial charge in [-0.2, -0.15) is 0 Å². The van der Waals surface area contributed by atoms with Gasteiger partial charge in [-0.25, -0.2) is 0 Å². The molecule has 0 unspecified atom stereocenters. The van der Waals surface area contributed by atoms with Crippen LogP contribution in [-0.2, 0) is 0 Å². The summed E-state index contributed by atoms with van der Waals surface area (Å²) < 4.78 is 0. The predicted octanol–water partition coefficient (Wildman–Crippen LogP) is 4.52. The Bertz CT molecular complexity index is 455. The number of nitrogens with zero attached hydrogens (tertiary/aromatic N) is 1. The second-order valence-corrected chi connectivity index (χ2v) is 6.95. The number of carbonyl (C=O) groups excluding carboxylic acids is 1. The van der Waals surface area contributed by atoms with E-state index in [2.05, 4.69) is 18.7 Å². The zero-order valence-corrected chi connectivity index (χ0v) is 14.8. The highest BCUT2D eigenvalue weighted by Crippen LogP contribution is 2.44. The maximum atomic E-state index is 12.3. The Kier molecular flexibility index (Phi) is 6.89. The third kappa shape index (κ3) is 3.70. The third-order valence-electron chi connectivity index (χ3n) is 3.29. The number of thioether (sulfide) groups is 1. The van der Waals surface area contributed by atoms with E-state index in [9.17, 15) is 4.79 Å². The zero-order chi connectivity index (χ0) is 15.3. The lowest BCUT2D eigenvalue weighted by molar-refractivity contribution is 0.0944. The minimum atomic E-state index is -0.00998. The van der Waals surface area contributed by atoms with E-state index in [0.29, 0.717) is 5.69 Å². The molecule has 0 aliphatic carbocycles. The van der Waals surface area contributed by atoms with E-state index in [1.807, 2.05) is 20.1 Å². The molecular formula is C15H26N2OS2. The molecule has 114 valence electrons. The molecule has 0 spiro atoms. The van der Waals surface area contributed by atoms with Crippen molar-refractivity contribution in [3.8, 4) is 0 Å². The number of nitrogens with two attached hydrogens (primary N) is 1. The Morgan fingerprint density at radius 2 is 2.05 bits per heavy atom. The summed E-state index contributed by atoms with van der Waals surface area (Å²) in [6.45, 7) is 10.2. The van der Waals surface area contributed by atoms with Crippen LogP contribution in [0.4, 0.5) is 10.7 Å². The molecule has 0 bridgehead atoms. The summed E-state index contributed by atoms with van der Waals surface area (Å²) >= 11 is 3.20. The van der Waals surface area contributed by atoms with Crippen molar-refractivity contribution in [2.45, 2.75) is 45.4 Å². The summed E-state index contributed by atoms with van der Waals surface area (Å²) in [6, 6.07) is 0. The van der Waals surface area contributed by atoms with Crippen LogP contribution in [0.2, 0.25) is 0 Å². The van der Waals surface area contributed by atoms with Crippen LogP contribution in [0.5, 0.6) is 0 Å². The number of hydrogen-bond acceptors (Lipinski definition) is 5. The molecule has 0 amide bonds. The highest BCUT2D eigenvalue weighted by Gasteiger charge is 2.24. The molecule has 1 aromatic rings. The quantitative estimate of drug-likeness (QED) is 0.566. The molecule has 1 rings (SSSR count). The first-order chi connectivity index (χ1) is 9.47. The number of rotatable bonds is 8. The predicted molar refractivity (Wildman–Crippen MR) is 92.5 cm³/mol. The normalized spacial score (nSPS) is 11.1. The maximum absolute atomic E-state index is 12.3. The van der Waals surface area contributed by atoms with Gasteiger partial charge in [0, 0.05) is 19.0 Å². The van der Waals surface area contributed by atoms with Gasteiger partial charge in [0.05, 0.1) is 15.5 Å². The Hall–Kier alpha value is -0.680. The maximum Gasteiger partial charge on any atom is 0.177 e. The van der Waals surface area contributed by atoms with Crippen LogP contribution < -0.4 is 10.6 Å². The summed E-state index contributed by atoms with van der Waals surface area (Å²) in [4.78, 5) is 16.4. The van der Waals surface area contributed by atoms with E-state index in [1.54, 1.807) is 23.1 Å². The lowest BCUT2D eigenvalue weighted by Crippen LogP contribution is -2.23. The molecule has 20 heavy (non-hydrogen) atoms. The Balaban J connectivity index is 3.18. The first-order valence-electron chi connectivity index (χ1n) is 7.23. The van der Waals surface area contributed by atoms with Crippen molar-refractivity contribution in [1.82, 2.24) is 0 Å². The van der Waals surface area contributed by atoms with Crippen LogP contribution in [0.25, 0.3) is 0 Å². The van der Waals surface area contributed by atoms with Gasteiger partial charge in [-0.15, -0.1) is 23.1 Å². The molecule has 3 nitrogen and oxygen atoms in total. The topological polar surface area (TPSA) is 46.3 Å². The van der Waals surface area contributed by atoms with Crippen LogP contribution in [0.1, 0.15) is 50.2 Å². The van der Waals surface area contributed by atoms with Crippen LogP contribution in [0.15, 0.2) is 4.90 Å². The van der Waals surface area contributed by atoms with E-state index in [1.165, 1.54) is 6.42 Å². The second-order valence-electron chi connectivity index (χ2n) is 5.14. The lowest BCUT2D eigenvalue weighted by Gasteiger charge is -2.22. The van der Waals surface area contributed by atoms with Gasteiger partial charge in [-0.3, -0.25) is 4.79 Å². The van der Waals surface area contributed by atoms with E-state index in [4.69, 9.17) is 5.73 Å². The summed E-state index contributed by atoms with van der Waals surface area (Å²) in [6.07, 6.45) is 4.36. The molecule has 0 saturated heterocycles. The molecule has 0 aliphatic heterocycles. The first-order valence-corrected chi connectivity index (χ1v) is 9.27. The fraction of sp³-hybridized carbons (Fsp3) is 0.667. The number of anilines is 2. The molecular weight excluding hydrogens is 288 g/mol. The highest BCUT2D eigenvalue weighted by molar-refractivity contribution is 7.99. The van der Waals surface area contributed by atoms with Gasteiger partial charge in [0.25, 0.3) is 0 Å². The number of thiophene rings is 1. The van der Waals surface area contributed by atoms with Crippen molar-refractivity contribution in [3.05, 3.63) is 4.88 Å². The number of nitrogen functional groups attached to an aromatic ring is 1. The van der Waals surface area contributed by atoms with Gasteiger partial charge in [-0.05, 0) is 19.6 Å². The highest BCUT2D eigenvalue weighted by atomic mass is 32.2. The molecule has 5 heteroatoms. The van der Waals surface area contributed by atoms with Gasteiger partial charge in [0.15, 0.2) is 5.78 Å². The molecule has 0 radical (unpaired) electrons. The number of Topliss-reactive ketones (excluding diaryl/α,β-unsaturated/α-hetero) is 1. The van der Waals surface area contributed by atoms with Crippen molar-refractivity contribution in [2.75, 3.05) is 30.0 Å². The summed E-state index contributed by atoms with van der Waals surface area (Å²) in [5.74, 6) is 0.143. The van der Waals surface area contributed by atoms with Gasteiger partial charge < -0.3 is 10.6 Å². The molecule has 0 saturated carbocycles. The van der Waals surface area contributed by atoms with E-state index in [0.717, 1.165) is 34.3 Å². The number of hydrogen-bond donors (Lipinski definition) is 1. The van der Waals surface area contributed by atoms with Crippen molar-refractivity contribution in [1.29, 1.82) is 0 Å². The van der Waals surface area contributed by atoms with Crippen LogP contribution >= 0.6 is 23.1 Å². The number of unbranched alkanes of at least 4 members (excludes halogenated alkanes) is 1. The van der Waals surface area contributed by atoms with Gasteiger partial charge >= 0.3 is 0 Å². The van der Waals surface area contributed by atoms with E-state index < -0.39 is 0 Å². The number of carbonyl (C=O) groups is 1. The van der Waals surface area contributed by atoms with Crippen molar-refractivity contribution in [3.63, 3.8) is 0 Å². The minimum absolute atomic E-state index is 0.00998. The average Bonchev–Trinajstić information content (AvgIpc) is 2.75. The van der Waals surface area contributed by atoms with Crippen molar-refractivity contribution >= 4 is 39.6 Å². The monoisotopic (exact) mass is 314 g/mol. The Morgan fingerprint density at radius 1 is 1.40 bits per heavy atom. The van der Waals surface area contributed by atoms with Crippen LogP contribution in [0.3, 0.4) is 0 Å². The van der Waals surface area contributed by atoms with Crippen molar-refractivity contribution < 1.29 is 4.79 Å². The van der Waals surface area contributed by atoms with Crippen LogP contribution in [-0.4, -0.2) is 25.1 Å². The smallest absolute Gasteiger partial charge is 0.177 e. The fourth-order valence-electron chi connectivity index (χ4n) is 2.02. The van der Waals surface area contributed by atoms with Gasteiger partial charge in [0.2, 0.25) is 0 Å². The summed E-state index contributed by atoms with van der Waals surface area (Å²) in [5.41, 5.74) is 6.89. The minimum Gasteiger partial charge on any atom is -0.396 e. The number of ketones is 1. The van der Waals surface area contributed by atoms with Crippen LogP contribution in [0, 0.1) is 5.92 Å². The van der Waals surface area contributed by atoms with E-state index in [-0.39, 0.29) is 11.7 Å². The molecule has 0 atom stereocenters. The van der Waals surface area contributed by atoms with Gasteiger partial charge in [-0.1, -0.05) is 27.2 Å². The lowest BCUT2D eigenvalue weighted by atomic mass is 10.1.